The van der Waals surface area contributed by atoms with Gasteiger partial charge >= 0.3 is 0 Å². The van der Waals surface area contributed by atoms with Gasteiger partial charge in [0.05, 0.1) is 12.2 Å². The van der Waals surface area contributed by atoms with Crippen molar-refractivity contribution in [1.82, 2.24) is 4.90 Å². The van der Waals surface area contributed by atoms with E-state index in [1.54, 1.807) is 4.90 Å². The molecule has 0 N–H and O–H groups in total. The molecule has 1 amide bonds. The number of morpholine rings is 1. The molecule has 1 fully saturated rings. The summed E-state index contributed by atoms with van der Waals surface area (Å²) in [7, 11) is 0. The normalized spacial score (nSPS) is 23.8. The number of furan rings is 1. The number of fused-ring (bicyclic) bond motifs is 1. The minimum absolute atomic E-state index is 0.0572. The largest absolute Gasteiger partial charge is 0.451 e. The molecule has 0 saturated carbocycles. The quantitative estimate of drug-likeness (QED) is 0.790. The predicted molar refractivity (Wildman–Crippen MR) is 72.1 cm³/mol. The Morgan fingerprint density at radius 2 is 1.89 bits per heavy atom. The van der Waals surface area contributed by atoms with E-state index in [1.165, 1.54) is 0 Å². The highest BCUT2D eigenvalue weighted by Crippen LogP contribution is 2.21. The van der Waals surface area contributed by atoms with Gasteiger partial charge in [-0.15, -0.1) is 0 Å². The third-order valence-electron chi connectivity index (χ3n) is 3.34. The average molecular weight is 259 g/mol. The molecule has 100 valence electrons. The van der Waals surface area contributed by atoms with Crippen molar-refractivity contribution in [2.24, 2.45) is 0 Å². The topological polar surface area (TPSA) is 42.7 Å². The Bertz CT molecular complexity index is 561. The fourth-order valence-electron chi connectivity index (χ4n) is 2.59. The number of hydrogen-bond acceptors (Lipinski definition) is 3. The van der Waals surface area contributed by atoms with Crippen molar-refractivity contribution in [3.8, 4) is 0 Å². The Morgan fingerprint density at radius 1 is 1.21 bits per heavy atom. The number of carbonyl (C=O) groups excluding carboxylic acids is 1. The summed E-state index contributed by atoms with van der Waals surface area (Å²) >= 11 is 0. The maximum absolute atomic E-state index is 12.4. The van der Waals surface area contributed by atoms with Crippen molar-refractivity contribution in [3.05, 3.63) is 36.1 Å². The molecule has 3 rings (SSSR count). The second-order valence-corrected chi connectivity index (χ2v) is 5.12. The second-order valence-electron chi connectivity index (χ2n) is 5.12. The molecular weight excluding hydrogens is 242 g/mol. The second kappa shape index (κ2) is 4.70. The van der Waals surface area contributed by atoms with Crippen LogP contribution in [0.25, 0.3) is 11.0 Å². The molecule has 1 aromatic carbocycles. The number of benzene rings is 1. The Kier molecular flexibility index (Phi) is 3.03. The predicted octanol–water partition coefficient (Wildman–Crippen LogP) is 2.68. The van der Waals surface area contributed by atoms with Gasteiger partial charge in [0.25, 0.3) is 5.91 Å². The molecule has 2 heterocycles. The fraction of sp³-hybridized carbons (Fsp3) is 0.400. The molecular formula is C15H17NO3. The minimum Gasteiger partial charge on any atom is -0.451 e. The van der Waals surface area contributed by atoms with Gasteiger partial charge in [-0.05, 0) is 26.0 Å². The molecule has 4 nitrogen and oxygen atoms in total. The third kappa shape index (κ3) is 2.36. The van der Waals surface area contributed by atoms with E-state index in [4.69, 9.17) is 9.15 Å². The summed E-state index contributed by atoms with van der Waals surface area (Å²) in [4.78, 5) is 14.2. The van der Waals surface area contributed by atoms with Crippen molar-refractivity contribution in [2.45, 2.75) is 26.1 Å². The van der Waals surface area contributed by atoms with E-state index < -0.39 is 0 Å². The number of nitrogens with zero attached hydrogens (tertiary/aromatic N) is 1. The molecule has 1 saturated heterocycles. The number of carbonyl (C=O) groups is 1. The Labute approximate surface area is 111 Å². The van der Waals surface area contributed by atoms with Gasteiger partial charge in [-0.1, -0.05) is 18.2 Å². The summed E-state index contributed by atoms with van der Waals surface area (Å²) in [6.45, 7) is 5.18. The molecule has 1 aliphatic rings. The zero-order valence-corrected chi connectivity index (χ0v) is 11.1. The van der Waals surface area contributed by atoms with Gasteiger partial charge in [0.1, 0.15) is 5.58 Å². The average Bonchev–Trinajstić information content (AvgIpc) is 2.80. The molecule has 1 aromatic heterocycles. The van der Waals surface area contributed by atoms with E-state index in [1.807, 2.05) is 44.2 Å². The summed E-state index contributed by atoms with van der Waals surface area (Å²) in [6.07, 6.45) is 0.133. The monoisotopic (exact) mass is 259 g/mol. The SMILES string of the molecule is C[C@@H]1CN(C(=O)c2cc3ccccc3o2)C[C@H](C)O1. The number of amides is 1. The van der Waals surface area contributed by atoms with E-state index in [2.05, 4.69) is 0 Å². The van der Waals surface area contributed by atoms with E-state index in [0.29, 0.717) is 18.8 Å². The van der Waals surface area contributed by atoms with Gasteiger partial charge in [-0.2, -0.15) is 0 Å². The van der Waals surface area contributed by atoms with Crippen molar-refractivity contribution >= 4 is 16.9 Å². The summed E-state index contributed by atoms with van der Waals surface area (Å²) < 4.78 is 11.3. The van der Waals surface area contributed by atoms with Crippen molar-refractivity contribution < 1.29 is 13.9 Å². The minimum atomic E-state index is -0.0572. The van der Waals surface area contributed by atoms with Crippen LogP contribution in [0.1, 0.15) is 24.4 Å². The molecule has 1 aliphatic heterocycles. The van der Waals surface area contributed by atoms with Crippen LogP contribution in [0.4, 0.5) is 0 Å². The lowest BCUT2D eigenvalue weighted by atomic mass is 10.2. The number of ether oxygens (including phenoxy) is 1. The van der Waals surface area contributed by atoms with Crippen molar-refractivity contribution in [3.63, 3.8) is 0 Å². The highest BCUT2D eigenvalue weighted by molar-refractivity contribution is 5.96. The van der Waals surface area contributed by atoms with Crippen LogP contribution in [0.15, 0.2) is 34.7 Å². The van der Waals surface area contributed by atoms with E-state index in [9.17, 15) is 4.79 Å². The summed E-state index contributed by atoms with van der Waals surface area (Å²) in [6, 6.07) is 9.46. The van der Waals surface area contributed by atoms with Crippen LogP contribution >= 0.6 is 0 Å². The van der Waals surface area contributed by atoms with Crippen molar-refractivity contribution in [1.29, 1.82) is 0 Å². The molecule has 0 unspecified atom stereocenters. The third-order valence-corrected chi connectivity index (χ3v) is 3.34. The van der Waals surface area contributed by atoms with Gasteiger partial charge in [-0.25, -0.2) is 0 Å². The Morgan fingerprint density at radius 3 is 2.58 bits per heavy atom. The molecule has 0 bridgehead atoms. The number of hydrogen-bond donors (Lipinski definition) is 0. The summed E-state index contributed by atoms with van der Waals surface area (Å²) in [5.74, 6) is 0.348. The zero-order chi connectivity index (χ0) is 13.4. The van der Waals surface area contributed by atoms with Gasteiger partial charge in [0.2, 0.25) is 0 Å². The molecule has 19 heavy (non-hydrogen) atoms. The zero-order valence-electron chi connectivity index (χ0n) is 11.1. The standard InChI is InChI=1S/C15H17NO3/c1-10-8-16(9-11(2)18-10)15(17)14-7-12-5-3-4-6-13(12)19-14/h3-7,10-11H,8-9H2,1-2H3/t10-,11+. The number of para-hydroxylation sites is 1. The molecule has 4 heteroatoms. The maximum Gasteiger partial charge on any atom is 0.289 e. The van der Waals surface area contributed by atoms with Gasteiger partial charge < -0.3 is 14.1 Å². The lowest BCUT2D eigenvalue weighted by molar-refractivity contribution is -0.0591. The van der Waals surface area contributed by atoms with Crippen LogP contribution in [0.5, 0.6) is 0 Å². The molecule has 2 atom stereocenters. The van der Waals surface area contributed by atoms with Gasteiger partial charge in [0, 0.05) is 18.5 Å². The van der Waals surface area contributed by atoms with E-state index in [-0.39, 0.29) is 18.1 Å². The van der Waals surface area contributed by atoms with Gasteiger partial charge in [-0.3, -0.25) is 4.79 Å². The molecule has 0 spiro atoms. The summed E-state index contributed by atoms with van der Waals surface area (Å²) in [5, 5.41) is 0.959. The van der Waals surface area contributed by atoms with Crippen LogP contribution in [0, 0.1) is 0 Å². The van der Waals surface area contributed by atoms with Crippen LogP contribution in [-0.4, -0.2) is 36.1 Å². The smallest absolute Gasteiger partial charge is 0.289 e. The first-order valence-electron chi connectivity index (χ1n) is 6.57. The number of rotatable bonds is 1. The molecule has 0 aliphatic carbocycles. The van der Waals surface area contributed by atoms with Gasteiger partial charge in [0.15, 0.2) is 5.76 Å². The van der Waals surface area contributed by atoms with Crippen molar-refractivity contribution in [2.75, 3.05) is 13.1 Å². The first-order chi connectivity index (χ1) is 9.13. The Hall–Kier alpha value is -1.81. The summed E-state index contributed by atoms with van der Waals surface area (Å²) in [5.41, 5.74) is 0.750. The fourth-order valence-corrected chi connectivity index (χ4v) is 2.59. The highest BCUT2D eigenvalue weighted by atomic mass is 16.5. The van der Waals surface area contributed by atoms with E-state index in [0.717, 1.165) is 11.0 Å². The lowest BCUT2D eigenvalue weighted by Gasteiger charge is -2.34. The van der Waals surface area contributed by atoms with Crippen LogP contribution in [0.3, 0.4) is 0 Å². The molecule has 2 aromatic rings. The van der Waals surface area contributed by atoms with E-state index >= 15 is 0 Å². The molecule has 0 radical (unpaired) electrons. The highest BCUT2D eigenvalue weighted by Gasteiger charge is 2.28. The maximum atomic E-state index is 12.4. The van der Waals surface area contributed by atoms with Crippen LogP contribution in [-0.2, 0) is 4.74 Å². The first-order valence-corrected chi connectivity index (χ1v) is 6.57. The first kappa shape index (κ1) is 12.2. The lowest BCUT2D eigenvalue weighted by Crippen LogP contribution is -2.48. The van der Waals surface area contributed by atoms with Crippen LogP contribution < -0.4 is 0 Å². The Balaban J connectivity index is 1.86. The van der Waals surface area contributed by atoms with Crippen LogP contribution in [0.2, 0.25) is 0 Å².